The Kier molecular flexibility index (Phi) is 7.94. The highest BCUT2D eigenvalue weighted by Crippen LogP contribution is 2.33. The van der Waals surface area contributed by atoms with Crippen LogP contribution < -0.4 is 15.9 Å². The SMILES string of the molecule is C[C@H](C[C@@H](F)Cn1cc(F)c2cc(-c3ncc(C(C)(C)O)cn3)c(F)cc2c1=O)Oc1cn[nH]c(=O)c1C(F)(F)F. The summed E-state index contributed by atoms with van der Waals surface area (Å²) in [5, 5.41) is 14.3. The molecule has 15 heteroatoms. The molecule has 0 bridgehead atoms. The molecule has 0 saturated heterocycles. The van der Waals surface area contributed by atoms with Crippen LogP contribution in [0.1, 0.15) is 38.3 Å². The monoisotopic (exact) mass is 583 g/mol. The van der Waals surface area contributed by atoms with Gasteiger partial charge in [-0.05, 0) is 32.9 Å². The lowest BCUT2D eigenvalue weighted by Crippen LogP contribution is -2.29. The van der Waals surface area contributed by atoms with Gasteiger partial charge in [0.05, 0.1) is 35.4 Å². The van der Waals surface area contributed by atoms with Crippen LogP contribution in [-0.4, -0.2) is 42.1 Å². The predicted molar refractivity (Wildman–Crippen MR) is 134 cm³/mol. The van der Waals surface area contributed by atoms with Gasteiger partial charge in [-0.3, -0.25) is 9.59 Å². The Morgan fingerprint density at radius 2 is 1.71 bits per heavy atom. The van der Waals surface area contributed by atoms with Gasteiger partial charge < -0.3 is 14.4 Å². The number of ether oxygens (including phenoxy) is 1. The molecule has 2 N–H and O–H groups in total. The molecule has 0 aliphatic carbocycles. The second-order valence-electron chi connectivity index (χ2n) is 9.86. The minimum Gasteiger partial charge on any atom is -0.488 e. The molecule has 2 atom stereocenters. The summed E-state index contributed by atoms with van der Waals surface area (Å²) in [7, 11) is 0. The lowest BCUT2D eigenvalue weighted by atomic mass is 10.0. The summed E-state index contributed by atoms with van der Waals surface area (Å²) in [4.78, 5) is 32.5. The number of H-pyrrole nitrogens is 1. The molecule has 0 radical (unpaired) electrons. The molecular formula is C26H23F6N5O4. The van der Waals surface area contributed by atoms with Crippen molar-refractivity contribution in [3.05, 3.63) is 80.4 Å². The van der Waals surface area contributed by atoms with Gasteiger partial charge in [0.2, 0.25) is 0 Å². The highest BCUT2D eigenvalue weighted by Gasteiger charge is 2.38. The minimum atomic E-state index is -5.06. The third-order valence-electron chi connectivity index (χ3n) is 6.14. The molecule has 4 rings (SSSR count). The highest BCUT2D eigenvalue weighted by molar-refractivity contribution is 5.86. The van der Waals surface area contributed by atoms with E-state index in [1.54, 1.807) is 5.10 Å². The standard InChI is InChI=1S/C26H23F6N5O4/c1-12(41-20-9-35-36-23(38)21(20)26(30,31)32)4-14(27)10-37-11-19(29)15-5-17(18(28)6-16(15)24(37)39)22-33-7-13(8-34-22)25(2,3)40/h5-9,11-12,14,40H,4,10H2,1-3H3,(H,36,38)/t12-,14-/m1/s1. The number of alkyl halides is 4. The van der Waals surface area contributed by atoms with Crippen LogP contribution in [0.3, 0.4) is 0 Å². The van der Waals surface area contributed by atoms with Crippen molar-refractivity contribution < 1.29 is 36.2 Å². The van der Waals surface area contributed by atoms with Gasteiger partial charge in [-0.25, -0.2) is 28.2 Å². The number of nitrogens with zero attached hydrogens (tertiary/aromatic N) is 4. The van der Waals surface area contributed by atoms with E-state index in [9.17, 15) is 36.6 Å². The summed E-state index contributed by atoms with van der Waals surface area (Å²) < 4.78 is 90.3. The lowest BCUT2D eigenvalue weighted by molar-refractivity contribution is -0.140. The zero-order chi connectivity index (χ0) is 30.3. The minimum absolute atomic E-state index is 0.122. The van der Waals surface area contributed by atoms with E-state index in [1.165, 1.54) is 33.2 Å². The molecule has 1 aromatic carbocycles. The van der Waals surface area contributed by atoms with Crippen LogP contribution in [0.2, 0.25) is 0 Å². The van der Waals surface area contributed by atoms with Gasteiger partial charge in [0.1, 0.15) is 17.8 Å². The zero-order valence-corrected chi connectivity index (χ0v) is 21.8. The normalized spacial score (nSPS) is 13.8. The fourth-order valence-corrected chi connectivity index (χ4v) is 4.11. The zero-order valence-electron chi connectivity index (χ0n) is 21.8. The van der Waals surface area contributed by atoms with Crippen molar-refractivity contribution in [3.63, 3.8) is 0 Å². The molecule has 0 amide bonds. The topological polar surface area (TPSA) is 123 Å². The Morgan fingerprint density at radius 3 is 2.32 bits per heavy atom. The number of aromatic nitrogens is 5. The molecule has 0 unspecified atom stereocenters. The van der Waals surface area contributed by atoms with Crippen molar-refractivity contribution >= 4 is 10.8 Å². The number of fused-ring (bicyclic) bond motifs is 1. The van der Waals surface area contributed by atoms with E-state index < -0.39 is 71.1 Å². The van der Waals surface area contributed by atoms with E-state index in [0.29, 0.717) is 16.3 Å². The van der Waals surface area contributed by atoms with E-state index in [2.05, 4.69) is 15.1 Å². The largest absolute Gasteiger partial charge is 0.488 e. The fraction of sp³-hybridized carbons (Fsp3) is 0.346. The summed E-state index contributed by atoms with van der Waals surface area (Å²) in [6.07, 6.45) is -4.79. The molecule has 0 spiro atoms. The first kappa shape index (κ1) is 29.7. The smallest absolute Gasteiger partial charge is 0.425 e. The number of benzene rings is 1. The third kappa shape index (κ3) is 6.39. The van der Waals surface area contributed by atoms with Crippen LogP contribution in [0.5, 0.6) is 5.75 Å². The number of nitrogens with one attached hydrogen (secondary N) is 1. The molecule has 41 heavy (non-hydrogen) atoms. The lowest BCUT2D eigenvalue weighted by Gasteiger charge is -2.20. The number of hydrogen-bond donors (Lipinski definition) is 2. The summed E-state index contributed by atoms with van der Waals surface area (Å²) in [5.41, 5.74) is -5.20. The van der Waals surface area contributed by atoms with E-state index in [4.69, 9.17) is 4.74 Å². The van der Waals surface area contributed by atoms with Crippen molar-refractivity contribution in [2.24, 2.45) is 0 Å². The molecule has 0 aliphatic rings. The molecular weight excluding hydrogens is 560 g/mol. The van der Waals surface area contributed by atoms with Crippen molar-refractivity contribution in [1.29, 1.82) is 0 Å². The Hall–Kier alpha value is -4.27. The van der Waals surface area contributed by atoms with Gasteiger partial charge in [-0.15, -0.1) is 0 Å². The van der Waals surface area contributed by atoms with Crippen LogP contribution in [0.25, 0.3) is 22.2 Å². The van der Waals surface area contributed by atoms with Gasteiger partial charge in [0, 0.05) is 36.0 Å². The first-order chi connectivity index (χ1) is 19.1. The molecule has 0 fully saturated rings. The Labute approximate surface area is 227 Å². The van der Waals surface area contributed by atoms with E-state index in [0.717, 1.165) is 18.3 Å². The van der Waals surface area contributed by atoms with Crippen molar-refractivity contribution in [2.45, 2.75) is 57.8 Å². The van der Waals surface area contributed by atoms with Gasteiger partial charge in [0.15, 0.2) is 17.1 Å². The van der Waals surface area contributed by atoms with Crippen molar-refractivity contribution in [1.82, 2.24) is 24.7 Å². The van der Waals surface area contributed by atoms with Gasteiger partial charge in [-0.2, -0.15) is 18.3 Å². The van der Waals surface area contributed by atoms with Crippen LogP contribution in [0.4, 0.5) is 26.3 Å². The summed E-state index contributed by atoms with van der Waals surface area (Å²) in [5.74, 6) is -2.95. The molecule has 0 saturated carbocycles. The van der Waals surface area contributed by atoms with E-state index >= 15 is 4.39 Å². The molecule has 218 valence electrons. The van der Waals surface area contributed by atoms with Crippen LogP contribution in [-0.2, 0) is 18.3 Å². The maximum absolute atomic E-state index is 15.0. The van der Waals surface area contributed by atoms with Crippen molar-refractivity contribution in [3.8, 4) is 17.1 Å². The fourth-order valence-electron chi connectivity index (χ4n) is 4.11. The number of pyridine rings is 1. The summed E-state index contributed by atoms with van der Waals surface area (Å²) >= 11 is 0. The number of rotatable bonds is 8. The maximum Gasteiger partial charge on any atom is 0.425 e. The number of hydrogen-bond acceptors (Lipinski definition) is 7. The molecule has 0 aliphatic heterocycles. The van der Waals surface area contributed by atoms with E-state index in [1.807, 2.05) is 0 Å². The first-order valence-corrected chi connectivity index (χ1v) is 12.1. The summed E-state index contributed by atoms with van der Waals surface area (Å²) in [6, 6.07) is 1.82. The van der Waals surface area contributed by atoms with Gasteiger partial charge >= 0.3 is 6.18 Å². The Bertz CT molecular complexity index is 1700. The third-order valence-corrected chi connectivity index (χ3v) is 6.14. The maximum atomic E-state index is 15.0. The molecule has 9 nitrogen and oxygen atoms in total. The second-order valence-corrected chi connectivity index (χ2v) is 9.86. The number of halogens is 6. The van der Waals surface area contributed by atoms with E-state index in [-0.39, 0.29) is 22.2 Å². The predicted octanol–water partition coefficient (Wildman–Crippen LogP) is 4.26. The molecule has 4 aromatic rings. The Balaban J connectivity index is 1.56. The van der Waals surface area contributed by atoms with Crippen molar-refractivity contribution in [2.75, 3.05) is 0 Å². The molecule has 3 aromatic heterocycles. The quantitative estimate of drug-likeness (QED) is 0.297. The first-order valence-electron chi connectivity index (χ1n) is 12.1. The van der Waals surface area contributed by atoms with Crippen LogP contribution in [0, 0.1) is 11.6 Å². The van der Waals surface area contributed by atoms with Gasteiger partial charge in [-0.1, -0.05) is 0 Å². The average Bonchev–Trinajstić information content (AvgIpc) is 2.85. The van der Waals surface area contributed by atoms with Crippen LogP contribution >= 0.6 is 0 Å². The van der Waals surface area contributed by atoms with Gasteiger partial charge in [0.25, 0.3) is 11.1 Å². The number of aromatic amines is 1. The van der Waals surface area contributed by atoms with Crippen LogP contribution in [0.15, 0.2) is 46.5 Å². The highest BCUT2D eigenvalue weighted by atomic mass is 19.4. The number of aliphatic hydroxyl groups is 1. The second kappa shape index (κ2) is 11.0. The average molecular weight is 583 g/mol. The molecule has 3 heterocycles. The Morgan fingerprint density at radius 1 is 1.05 bits per heavy atom. The summed E-state index contributed by atoms with van der Waals surface area (Å²) in [6.45, 7) is 3.53.